The van der Waals surface area contributed by atoms with Crippen LogP contribution in [0.5, 0.6) is 0 Å². The molecule has 1 heterocycles. The van der Waals surface area contributed by atoms with Gasteiger partial charge in [0, 0.05) is 23.8 Å². The van der Waals surface area contributed by atoms with Crippen LogP contribution in [-0.2, 0) is 10.0 Å². The predicted octanol–water partition coefficient (Wildman–Crippen LogP) is 0.902. The van der Waals surface area contributed by atoms with Gasteiger partial charge in [-0.05, 0) is 41.9 Å². The molecule has 19 heavy (non-hydrogen) atoms. The van der Waals surface area contributed by atoms with Gasteiger partial charge in [-0.25, -0.2) is 18.1 Å². The lowest BCUT2D eigenvalue weighted by atomic mass is 10.1. The zero-order valence-corrected chi connectivity index (χ0v) is 13.3. The minimum Gasteiger partial charge on any atom is -0.350 e. The van der Waals surface area contributed by atoms with Gasteiger partial charge in [0.1, 0.15) is 4.60 Å². The van der Waals surface area contributed by atoms with Crippen LogP contribution < -0.4 is 10.0 Å². The molecule has 0 spiro atoms. The minimum atomic E-state index is -3.32. The molecule has 0 saturated heterocycles. The standard InChI is InChI=1S/C11H16BrN3O3S/c1-11(2,15-19(3,17)18)7-14-10(16)8-4-5-13-9(12)6-8/h4-6,15H,7H2,1-3H3,(H,14,16). The molecule has 6 nitrogen and oxygen atoms in total. The molecule has 0 aliphatic rings. The average Bonchev–Trinajstić information content (AvgIpc) is 2.22. The summed E-state index contributed by atoms with van der Waals surface area (Å²) >= 11 is 3.18. The average molecular weight is 350 g/mol. The Morgan fingerprint density at radius 2 is 2.11 bits per heavy atom. The Kier molecular flexibility index (Phi) is 5.05. The van der Waals surface area contributed by atoms with Gasteiger partial charge in [0.15, 0.2) is 0 Å². The van der Waals surface area contributed by atoms with Crippen molar-refractivity contribution >= 4 is 31.9 Å². The van der Waals surface area contributed by atoms with E-state index in [-0.39, 0.29) is 12.5 Å². The van der Waals surface area contributed by atoms with Gasteiger partial charge in [0.25, 0.3) is 5.91 Å². The van der Waals surface area contributed by atoms with Crippen LogP contribution >= 0.6 is 15.9 Å². The Balaban J connectivity index is 2.64. The number of carbonyl (C=O) groups is 1. The third kappa shape index (κ3) is 6.13. The van der Waals surface area contributed by atoms with E-state index in [9.17, 15) is 13.2 Å². The Morgan fingerprint density at radius 3 is 2.63 bits per heavy atom. The van der Waals surface area contributed by atoms with Crippen LogP contribution in [0.25, 0.3) is 0 Å². The molecule has 0 bridgehead atoms. The predicted molar refractivity (Wildman–Crippen MR) is 76.3 cm³/mol. The van der Waals surface area contributed by atoms with E-state index in [0.717, 1.165) is 6.26 Å². The maximum atomic E-state index is 11.9. The van der Waals surface area contributed by atoms with Crippen molar-refractivity contribution in [1.82, 2.24) is 15.0 Å². The van der Waals surface area contributed by atoms with E-state index in [4.69, 9.17) is 0 Å². The fourth-order valence-electron chi connectivity index (χ4n) is 1.48. The number of halogens is 1. The van der Waals surface area contributed by atoms with E-state index in [1.807, 2.05) is 0 Å². The number of carbonyl (C=O) groups excluding carboxylic acids is 1. The third-order valence-corrected chi connectivity index (χ3v) is 3.50. The molecule has 0 saturated carbocycles. The first kappa shape index (κ1) is 16.1. The molecule has 0 fully saturated rings. The van der Waals surface area contributed by atoms with Crippen LogP contribution in [-0.4, -0.2) is 37.6 Å². The monoisotopic (exact) mass is 349 g/mol. The Hall–Kier alpha value is -0.990. The van der Waals surface area contributed by atoms with Gasteiger partial charge in [-0.2, -0.15) is 0 Å². The molecule has 8 heteroatoms. The molecule has 2 N–H and O–H groups in total. The summed E-state index contributed by atoms with van der Waals surface area (Å²) in [6, 6.07) is 3.17. The minimum absolute atomic E-state index is 0.179. The summed E-state index contributed by atoms with van der Waals surface area (Å²) < 4.78 is 25.3. The molecule has 1 aromatic rings. The second-order valence-electron chi connectivity index (χ2n) is 4.81. The number of pyridine rings is 1. The van der Waals surface area contributed by atoms with Gasteiger partial charge in [0.05, 0.1) is 6.26 Å². The molecular formula is C11H16BrN3O3S. The highest BCUT2D eigenvalue weighted by atomic mass is 79.9. The zero-order valence-electron chi connectivity index (χ0n) is 10.9. The fraction of sp³-hybridized carbons (Fsp3) is 0.455. The van der Waals surface area contributed by atoms with Gasteiger partial charge in [-0.15, -0.1) is 0 Å². The SMILES string of the molecule is CC(C)(CNC(=O)c1ccnc(Br)c1)NS(C)(=O)=O. The zero-order chi connectivity index (χ0) is 14.7. The van der Waals surface area contributed by atoms with Gasteiger partial charge < -0.3 is 5.32 Å². The summed E-state index contributed by atoms with van der Waals surface area (Å²) in [7, 11) is -3.32. The number of amides is 1. The fourth-order valence-corrected chi connectivity index (χ4v) is 2.93. The van der Waals surface area contributed by atoms with Crippen LogP contribution in [0.4, 0.5) is 0 Å². The quantitative estimate of drug-likeness (QED) is 0.773. The molecular weight excluding hydrogens is 334 g/mol. The Bertz CT molecular complexity index is 572. The third-order valence-electron chi connectivity index (χ3n) is 2.14. The van der Waals surface area contributed by atoms with Crippen molar-refractivity contribution in [2.75, 3.05) is 12.8 Å². The number of sulfonamides is 1. The van der Waals surface area contributed by atoms with Crippen molar-refractivity contribution in [3.63, 3.8) is 0 Å². The number of rotatable bonds is 5. The van der Waals surface area contributed by atoms with E-state index in [2.05, 4.69) is 31.0 Å². The highest BCUT2D eigenvalue weighted by molar-refractivity contribution is 9.10. The van der Waals surface area contributed by atoms with E-state index in [1.165, 1.54) is 6.20 Å². The number of aromatic nitrogens is 1. The van der Waals surface area contributed by atoms with E-state index in [1.54, 1.807) is 26.0 Å². The summed E-state index contributed by atoms with van der Waals surface area (Å²) in [6.45, 7) is 3.56. The first-order valence-corrected chi connectivity index (χ1v) is 8.16. The highest BCUT2D eigenvalue weighted by Gasteiger charge is 2.23. The first-order chi connectivity index (χ1) is 8.59. The van der Waals surface area contributed by atoms with E-state index < -0.39 is 15.6 Å². The van der Waals surface area contributed by atoms with Crippen LogP contribution in [0.15, 0.2) is 22.9 Å². The number of nitrogens with one attached hydrogen (secondary N) is 2. The van der Waals surface area contributed by atoms with Gasteiger partial charge in [-0.1, -0.05) is 0 Å². The highest BCUT2D eigenvalue weighted by Crippen LogP contribution is 2.08. The molecule has 0 aliphatic heterocycles. The molecule has 0 atom stereocenters. The van der Waals surface area contributed by atoms with E-state index >= 15 is 0 Å². The van der Waals surface area contributed by atoms with Gasteiger partial charge >= 0.3 is 0 Å². The van der Waals surface area contributed by atoms with Gasteiger partial charge in [0.2, 0.25) is 10.0 Å². The maximum Gasteiger partial charge on any atom is 0.251 e. The molecule has 0 radical (unpaired) electrons. The summed E-state index contributed by atoms with van der Waals surface area (Å²) in [6.07, 6.45) is 2.59. The number of hydrogen-bond acceptors (Lipinski definition) is 4. The second-order valence-corrected chi connectivity index (χ2v) is 7.37. The molecule has 0 unspecified atom stereocenters. The van der Waals surface area contributed by atoms with Crippen molar-refractivity contribution in [2.24, 2.45) is 0 Å². The molecule has 1 aromatic heterocycles. The number of hydrogen-bond donors (Lipinski definition) is 2. The maximum absolute atomic E-state index is 11.9. The lowest BCUT2D eigenvalue weighted by Crippen LogP contribution is -2.51. The van der Waals surface area contributed by atoms with Crippen molar-refractivity contribution < 1.29 is 13.2 Å². The summed E-state index contributed by atoms with van der Waals surface area (Å²) in [4.78, 5) is 15.8. The molecule has 1 rings (SSSR count). The lowest BCUT2D eigenvalue weighted by Gasteiger charge is -2.25. The topological polar surface area (TPSA) is 88.2 Å². The normalized spacial score (nSPS) is 12.2. The van der Waals surface area contributed by atoms with Crippen LogP contribution in [0.3, 0.4) is 0 Å². The van der Waals surface area contributed by atoms with Crippen molar-refractivity contribution in [2.45, 2.75) is 19.4 Å². The smallest absolute Gasteiger partial charge is 0.251 e. The summed E-state index contributed by atoms with van der Waals surface area (Å²) in [5, 5.41) is 2.67. The molecule has 106 valence electrons. The van der Waals surface area contributed by atoms with Crippen LogP contribution in [0.1, 0.15) is 24.2 Å². The van der Waals surface area contributed by atoms with Crippen LogP contribution in [0.2, 0.25) is 0 Å². The summed E-state index contributed by atoms with van der Waals surface area (Å²) in [5.74, 6) is -0.286. The largest absolute Gasteiger partial charge is 0.350 e. The number of nitrogens with zero attached hydrogens (tertiary/aromatic N) is 1. The van der Waals surface area contributed by atoms with Crippen LogP contribution in [0, 0.1) is 0 Å². The Morgan fingerprint density at radius 1 is 1.47 bits per heavy atom. The van der Waals surface area contributed by atoms with Crippen molar-refractivity contribution in [3.8, 4) is 0 Å². The van der Waals surface area contributed by atoms with Crippen molar-refractivity contribution in [1.29, 1.82) is 0 Å². The molecule has 0 aromatic carbocycles. The molecule has 1 amide bonds. The summed E-state index contributed by atoms with van der Waals surface area (Å²) in [5.41, 5.74) is -0.301. The van der Waals surface area contributed by atoms with Gasteiger partial charge in [-0.3, -0.25) is 4.79 Å². The second kappa shape index (κ2) is 5.98. The van der Waals surface area contributed by atoms with Crippen molar-refractivity contribution in [3.05, 3.63) is 28.5 Å². The molecule has 0 aliphatic carbocycles. The Labute approximate surface area is 121 Å². The lowest BCUT2D eigenvalue weighted by molar-refractivity contribution is 0.0944. The van der Waals surface area contributed by atoms with E-state index in [0.29, 0.717) is 10.2 Å². The first-order valence-electron chi connectivity index (χ1n) is 5.48.